The van der Waals surface area contributed by atoms with E-state index in [9.17, 15) is 17.9 Å². The number of phenols is 1. The van der Waals surface area contributed by atoms with Crippen LogP contribution < -0.4 is 4.74 Å². The van der Waals surface area contributed by atoms with Gasteiger partial charge in [0, 0.05) is 6.07 Å². The Morgan fingerprint density at radius 2 is 1.48 bits per heavy atom. The molecule has 0 unspecified atom stereocenters. The van der Waals surface area contributed by atoms with Crippen LogP contribution in [0.15, 0.2) is 64.4 Å². The average molecular weight is 386 g/mol. The van der Waals surface area contributed by atoms with Gasteiger partial charge >= 0.3 is 0 Å². The molecule has 3 aromatic rings. The van der Waals surface area contributed by atoms with Crippen LogP contribution in [0.5, 0.6) is 17.2 Å². The van der Waals surface area contributed by atoms with Crippen LogP contribution in [0.3, 0.4) is 0 Å². The van der Waals surface area contributed by atoms with Crippen molar-refractivity contribution in [3.05, 3.63) is 77.1 Å². The molecule has 0 saturated carbocycles. The third-order valence-electron chi connectivity index (χ3n) is 4.17. The smallest absolute Gasteiger partial charge is 0.210 e. The van der Waals surface area contributed by atoms with Crippen molar-refractivity contribution in [3.63, 3.8) is 0 Å². The standard InChI is InChI=1S/C21H19FO4S/c1-13-10-14(2)21(15(3)11-13)26-17-6-9-19(23)20(12-17)27(24,25)18-7-4-16(22)5-8-18/h4-12,23H,1-3H3. The Morgan fingerprint density at radius 1 is 0.889 bits per heavy atom. The molecule has 0 heterocycles. The fourth-order valence-electron chi connectivity index (χ4n) is 2.96. The summed E-state index contributed by atoms with van der Waals surface area (Å²) in [6.07, 6.45) is 0. The predicted molar refractivity (Wildman–Crippen MR) is 101 cm³/mol. The molecule has 0 radical (unpaired) electrons. The summed E-state index contributed by atoms with van der Waals surface area (Å²) in [5, 5.41) is 10.1. The van der Waals surface area contributed by atoms with E-state index in [0.717, 1.165) is 41.0 Å². The first kappa shape index (κ1) is 18.9. The molecule has 0 atom stereocenters. The Labute approximate surface area is 157 Å². The molecule has 140 valence electrons. The van der Waals surface area contributed by atoms with E-state index in [1.807, 2.05) is 32.9 Å². The maximum atomic E-state index is 13.1. The van der Waals surface area contributed by atoms with Crippen LogP contribution in [0.25, 0.3) is 0 Å². The number of rotatable bonds is 4. The maximum absolute atomic E-state index is 13.1. The van der Waals surface area contributed by atoms with Crippen LogP contribution in [0, 0.1) is 26.6 Å². The van der Waals surface area contributed by atoms with Crippen molar-refractivity contribution in [1.29, 1.82) is 0 Å². The first-order valence-electron chi connectivity index (χ1n) is 8.28. The summed E-state index contributed by atoms with van der Waals surface area (Å²) >= 11 is 0. The normalized spacial score (nSPS) is 11.4. The van der Waals surface area contributed by atoms with E-state index in [4.69, 9.17) is 4.74 Å². The SMILES string of the molecule is Cc1cc(C)c(Oc2ccc(O)c(S(=O)(=O)c3ccc(F)cc3)c2)c(C)c1. The van der Waals surface area contributed by atoms with Crippen LogP contribution in [0.1, 0.15) is 16.7 Å². The summed E-state index contributed by atoms with van der Waals surface area (Å²) in [7, 11) is -4.02. The molecule has 4 nitrogen and oxygen atoms in total. The van der Waals surface area contributed by atoms with E-state index in [-0.39, 0.29) is 15.5 Å². The lowest BCUT2D eigenvalue weighted by Crippen LogP contribution is -2.03. The monoisotopic (exact) mass is 386 g/mol. The number of aryl methyl sites for hydroxylation is 3. The van der Waals surface area contributed by atoms with Gasteiger partial charge in [-0.2, -0.15) is 0 Å². The Morgan fingerprint density at radius 3 is 2.07 bits per heavy atom. The number of halogens is 1. The largest absolute Gasteiger partial charge is 0.507 e. The minimum atomic E-state index is -4.02. The molecule has 1 N–H and O–H groups in total. The summed E-state index contributed by atoms with van der Waals surface area (Å²) in [6, 6.07) is 12.4. The van der Waals surface area contributed by atoms with Crippen LogP contribution in [-0.2, 0) is 9.84 Å². The highest BCUT2D eigenvalue weighted by molar-refractivity contribution is 7.91. The molecular weight excluding hydrogens is 367 g/mol. The number of benzene rings is 3. The molecule has 6 heteroatoms. The van der Waals surface area contributed by atoms with Crippen LogP contribution in [0.4, 0.5) is 4.39 Å². The number of hydrogen-bond acceptors (Lipinski definition) is 4. The minimum Gasteiger partial charge on any atom is -0.507 e. The van der Waals surface area contributed by atoms with Gasteiger partial charge in [-0.1, -0.05) is 17.7 Å². The first-order chi connectivity index (χ1) is 12.7. The van der Waals surface area contributed by atoms with E-state index < -0.39 is 21.4 Å². The van der Waals surface area contributed by atoms with Gasteiger partial charge in [-0.3, -0.25) is 0 Å². The fourth-order valence-corrected chi connectivity index (χ4v) is 4.32. The topological polar surface area (TPSA) is 63.6 Å². The van der Waals surface area contributed by atoms with E-state index in [0.29, 0.717) is 5.75 Å². The van der Waals surface area contributed by atoms with E-state index >= 15 is 0 Å². The molecule has 0 amide bonds. The second-order valence-corrected chi connectivity index (χ2v) is 8.33. The zero-order chi connectivity index (χ0) is 19.8. The van der Waals surface area contributed by atoms with Gasteiger partial charge in [-0.15, -0.1) is 0 Å². The quantitative estimate of drug-likeness (QED) is 0.635. The third kappa shape index (κ3) is 3.80. The van der Waals surface area contributed by atoms with Gasteiger partial charge in [-0.25, -0.2) is 12.8 Å². The predicted octanol–water partition coefficient (Wildman–Crippen LogP) is 5.08. The van der Waals surface area contributed by atoms with Crippen molar-refractivity contribution < 1.29 is 22.7 Å². The van der Waals surface area contributed by atoms with Gasteiger partial charge in [0.25, 0.3) is 0 Å². The van der Waals surface area contributed by atoms with Gasteiger partial charge < -0.3 is 9.84 Å². The lowest BCUT2D eigenvalue weighted by molar-refractivity contribution is 0.446. The van der Waals surface area contributed by atoms with Crippen LogP contribution >= 0.6 is 0 Å². The lowest BCUT2D eigenvalue weighted by atomic mass is 10.1. The van der Waals surface area contributed by atoms with Gasteiger partial charge in [0.2, 0.25) is 9.84 Å². The molecule has 27 heavy (non-hydrogen) atoms. The van der Waals surface area contributed by atoms with Crippen molar-refractivity contribution in [3.8, 4) is 17.2 Å². The molecular formula is C21H19FO4S. The van der Waals surface area contributed by atoms with Crippen LogP contribution in [-0.4, -0.2) is 13.5 Å². The molecule has 0 aliphatic rings. The van der Waals surface area contributed by atoms with Crippen molar-refractivity contribution >= 4 is 9.84 Å². The summed E-state index contributed by atoms with van der Waals surface area (Å²) < 4.78 is 44.6. The number of ether oxygens (including phenoxy) is 1. The van der Waals surface area contributed by atoms with Crippen molar-refractivity contribution in [2.75, 3.05) is 0 Å². The molecule has 0 fully saturated rings. The number of phenolic OH excluding ortho intramolecular Hbond substituents is 1. The highest BCUT2D eigenvalue weighted by atomic mass is 32.2. The van der Waals surface area contributed by atoms with Gasteiger partial charge in [0.05, 0.1) is 4.90 Å². The second kappa shape index (κ2) is 7.04. The van der Waals surface area contributed by atoms with E-state index in [1.54, 1.807) is 0 Å². The average Bonchev–Trinajstić information content (AvgIpc) is 2.59. The highest BCUT2D eigenvalue weighted by Crippen LogP contribution is 2.35. The molecule has 0 saturated heterocycles. The van der Waals surface area contributed by atoms with Crippen LogP contribution in [0.2, 0.25) is 0 Å². The zero-order valence-corrected chi connectivity index (χ0v) is 16.0. The molecule has 3 aromatic carbocycles. The Bertz CT molecular complexity index is 1080. The Kier molecular flexibility index (Phi) is 4.93. The summed E-state index contributed by atoms with van der Waals surface area (Å²) in [5.41, 5.74) is 2.94. The van der Waals surface area contributed by atoms with Gasteiger partial charge in [-0.05, 0) is 68.3 Å². The van der Waals surface area contributed by atoms with Crippen molar-refractivity contribution in [1.82, 2.24) is 0 Å². The molecule has 3 rings (SSSR count). The summed E-state index contributed by atoms with van der Waals surface area (Å²) in [4.78, 5) is -0.409. The van der Waals surface area contributed by atoms with Crippen molar-refractivity contribution in [2.45, 2.75) is 30.6 Å². The number of hydrogen-bond donors (Lipinski definition) is 1. The molecule has 0 bridgehead atoms. The fraction of sp³-hybridized carbons (Fsp3) is 0.143. The maximum Gasteiger partial charge on any atom is 0.210 e. The summed E-state index contributed by atoms with van der Waals surface area (Å²) in [5.74, 6) is -0.0236. The van der Waals surface area contributed by atoms with Gasteiger partial charge in [0.15, 0.2) is 0 Å². The number of sulfone groups is 1. The Balaban J connectivity index is 2.04. The summed E-state index contributed by atoms with van der Waals surface area (Å²) in [6.45, 7) is 5.80. The van der Waals surface area contributed by atoms with E-state index in [2.05, 4.69) is 0 Å². The number of aromatic hydroxyl groups is 1. The highest BCUT2D eigenvalue weighted by Gasteiger charge is 2.23. The molecule has 0 spiro atoms. The zero-order valence-electron chi connectivity index (χ0n) is 15.2. The van der Waals surface area contributed by atoms with Crippen molar-refractivity contribution in [2.24, 2.45) is 0 Å². The Hall–Kier alpha value is -2.86. The second-order valence-electron chi connectivity index (χ2n) is 6.42. The minimum absolute atomic E-state index is 0.112. The third-order valence-corrected chi connectivity index (χ3v) is 5.97. The molecule has 0 aliphatic heterocycles. The first-order valence-corrected chi connectivity index (χ1v) is 9.76. The van der Waals surface area contributed by atoms with Gasteiger partial charge in [0.1, 0.15) is 28.0 Å². The van der Waals surface area contributed by atoms with E-state index in [1.165, 1.54) is 18.2 Å². The molecule has 0 aromatic heterocycles. The molecule has 0 aliphatic carbocycles. The lowest BCUT2D eigenvalue weighted by Gasteiger charge is -2.14.